The Morgan fingerprint density at radius 3 is 2.54 bits per heavy atom. The van der Waals surface area contributed by atoms with Gasteiger partial charge in [0.25, 0.3) is 5.56 Å². The highest BCUT2D eigenvalue weighted by molar-refractivity contribution is 7.75. The van der Waals surface area contributed by atoms with Gasteiger partial charge in [-0.15, -0.1) is 0 Å². The van der Waals surface area contributed by atoms with E-state index >= 15 is 0 Å². The molecule has 1 aromatic rings. The SMILES string of the molecule is CC(C)(C)[Si](C)(C)OC[C@H]1O[C@@H](n2ccc(=O)[nH]c2=O)[C@@H]2OS(=O)O[C@@H]21. The van der Waals surface area contributed by atoms with Crippen molar-refractivity contribution in [1.29, 1.82) is 0 Å². The summed E-state index contributed by atoms with van der Waals surface area (Å²) >= 11 is -1.91. The Labute approximate surface area is 154 Å². The van der Waals surface area contributed by atoms with Gasteiger partial charge in [-0.05, 0) is 18.1 Å². The van der Waals surface area contributed by atoms with E-state index in [1.807, 2.05) is 0 Å². The maximum atomic E-state index is 12.1. The number of aromatic amines is 1. The normalized spacial score (nSPS) is 32.0. The Bertz CT molecular complexity index is 815. The molecule has 11 heteroatoms. The van der Waals surface area contributed by atoms with E-state index < -0.39 is 55.5 Å². The van der Waals surface area contributed by atoms with Gasteiger partial charge in [0.15, 0.2) is 20.6 Å². The van der Waals surface area contributed by atoms with Gasteiger partial charge in [0.2, 0.25) is 0 Å². The minimum absolute atomic E-state index is 0.0239. The molecular weight excluding hydrogens is 380 g/mol. The van der Waals surface area contributed by atoms with E-state index in [2.05, 4.69) is 38.8 Å². The number of ether oxygens (including phenoxy) is 1. The van der Waals surface area contributed by atoms with Gasteiger partial charge in [-0.3, -0.25) is 22.7 Å². The zero-order valence-corrected chi connectivity index (χ0v) is 17.2. The van der Waals surface area contributed by atoms with Crippen molar-refractivity contribution in [2.45, 2.75) is 63.4 Å². The lowest BCUT2D eigenvalue weighted by molar-refractivity contribution is -0.0541. The number of hydrogen-bond donors (Lipinski definition) is 1. The van der Waals surface area contributed by atoms with Gasteiger partial charge in [0, 0.05) is 12.3 Å². The van der Waals surface area contributed by atoms with Crippen LogP contribution >= 0.6 is 0 Å². The predicted molar refractivity (Wildman–Crippen MR) is 96.3 cm³/mol. The van der Waals surface area contributed by atoms with Crippen LogP contribution in [0.1, 0.15) is 27.0 Å². The highest BCUT2D eigenvalue weighted by Crippen LogP contribution is 2.40. The minimum atomic E-state index is -2.02. The van der Waals surface area contributed by atoms with Crippen molar-refractivity contribution in [2.75, 3.05) is 6.61 Å². The molecule has 5 atom stereocenters. The Balaban J connectivity index is 1.82. The number of aromatic nitrogens is 2. The topological polar surface area (TPSA) is 109 Å². The van der Waals surface area contributed by atoms with E-state index in [1.165, 1.54) is 16.8 Å². The van der Waals surface area contributed by atoms with Crippen LogP contribution in [0.15, 0.2) is 21.9 Å². The van der Waals surface area contributed by atoms with Crippen LogP contribution in [-0.2, 0) is 28.9 Å². The third-order valence-corrected chi connectivity index (χ3v) is 10.5. The first-order valence-electron chi connectivity index (χ1n) is 8.36. The van der Waals surface area contributed by atoms with Gasteiger partial charge in [0.05, 0.1) is 6.61 Å². The molecule has 0 amide bonds. The molecule has 0 bridgehead atoms. The molecule has 1 aromatic heterocycles. The first-order valence-corrected chi connectivity index (χ1v) is 12.3. The summed E-state index contributed by atoms with van der Waals surface area (Å²) < 4.78 is 35.7. The van der Waals surface area contributed by atoms with Crippen LogP contribution in [0.3, 0.4) is 0 Å². The maximum absolute atomic E-state index is 12.1. The minimum Gasteiger partial charge on any atom is -0.414 e. The molecule has 0 radical (unpaired) electrons. The monoisotopic (exact) mass is 404 g/mol. The summed E-state index contributed by atoms with van der Waals surface area (Å²) in [5.74, 6) is 0. The predicted octanol–water partition coefficient (Wildman–Crippen LogP) is 0.818. The van der Waals surface area contributed by atoms with Crippen molar-refractivity contribution < 1.29 is 21.7 Å². The molecule has 2 fully saturated rings. The first kappa shape index (κ1) is 19.6. The second kappa shape index (κ2) is 6.80. The Morgan fingerprint density at radius 1 is 1.27 bits per heavy atom. The second-order valence-electron chi connectivity index (χ2n) is 7.98. The number of H-pyrrole nitrogens is 1. The molecule has 146 valence electrons. The fraction of sp³-hybridized carbons (Fsp3) is 0.733. The van der Waals surface area contributed by atoms with E-state index in [9.17, 15) is 13.8 Å². The highest BCUT2D eigenvalue weighted by atomic mass is 32.2. The zero-order chi connectivity index (χ0) is 19.3. The van der Waals surface area contributed by atoms with E-state index in [0.29, 0.717) is 0 Å². The molecule has 3 heterocycles. The molecule has 1 unspecified atom stereocenters. The molecule has 26 heavy (non-hydrogen) atoms. The Hall–Kier alpha value is -1.11. The van der Waals surface area contributed by atoms with Crippen LogP contribution in [0.2, 0.25) is 18.1 Å². The van der Waals surface area contributed by atoms with Crippen LogP contribution in [0.5, 0.6) is 0 Å². The van der Waals surface area contributed by atoms with E-state index in [4.69, 9.17) is 17.5 Å². The molecule has 0 aromatic carbocycles. The fourth-order valence-corrected chi connectivity index (χ4v) is 4.48. The number of rotatable bonds is 4. The van der Waals surface area contributed by atoms with E-state index in [0.717, 1.165) is 0 Å². The van der Waals surface area contributed by atoms with Crippen molar-refractivity contribution >= 4 is 19.7 Å². The smallest absolute Gasteiger partial charge is 0.330 e. The lowest BCUT2D eigenvalue weighted by Crippen LogP contribution is -2.44. The maximum Gasteiger partial charge on any atom is 0.330 e. The van der Waals surface area contributed by atoms with Crippen LogP contribution < -0.4 is 11.2 Å². The average molecular weight is 405 g/mol. The molecule has 2 aliphatic rings. The summed E-state index contributed by atoms with van der Waals surface area (Å²) in [6.07, 6.45) is -1.42. The number of nitrogens with one attached hydrogen (secondary N) is 1. The van der Waals surface area contributed by atoms with Gasteiger partial charge >= 0.3 is 17.1 Å². The third-order valence-electron chi connectivity index (χ3n) is 5.20. The molecule has 3 rings (SSSR count). The van der Waals surface area contributed by atoms with Crippen molar-refractivity contribution in [1.82, 2.24) is 9.55 Å². The van der Waals surface area contributed by atoms with Gasteiger partial charge in [-0.25, -0.2) is 4.79 Å². The molecule has 2 aliphatic heterocycles. The lowest BCUT2D eigenvalue weighted by Gasteiger charge is -2.37. The molecule has 0 aliphatic carbocycles. The lowest BCUT2D eigenvalue weighted by atomic mass is 10.1. The molecular formula is C15H24N2O7SSi. The first-order chi connectivity index (χ1) is 12.0. The molecule has 1 N–H and O–H groups in total. The van der Waals surface area contributed by atoms with Crippen molar-refractivity contribution in [3.8, 4) is 0 Å². The van der Waals surface area contributed by atoms with Crippen molar-refractivity contribution in [2.24, 2.45) is 0 Å². The quantitative estimate of drug-likeness (QED) is 0.740. The zero-order valence-electron chi connectivity index (χ0n) is 15.4. The Kier molecular flexibility index (Phi) is 5.14. The van der Waals surface area contributed by atoms with Crippen LogP contribution in [0.4, 0.5) is 0 Å². The van der Waals surface area contributed by atoms with Gasteiger partial charge in [-0.1, -0.05) is 20.8 Å². The number of nitrogens with zero attached hydrogens (tertiary/aromatic N) is 1. The molecule has 2 saturated heterocycles. The van der Waals surface area contributed by atoms with Crippen molar-refractivity contribution in [3.05, 3.63) is 33.1 Å². The Morgan fingerprint density at radius 2 is 1.92 bits per heavy atom. The standard InChI is InChI=1S/C15H24N2O7SSi/c1-15(2,3)26(4,5)21-8-9-11-12(24-25(20)23-11)13(22-9)17-7-6-10(18)16-14(17)19/h6-7,9,11-13H,8H2,1-5H3,(H,16,18,19)/t9-,11-,12-,13-,25?/m1/s1. The summed E-state index contributed by atoms with van der Waals surface area (Å²) in [6.45, 7) is 10.9. The largest absolute Gasteiger partial charge is 0.414 e. The third kappa shape index (κ3) is 3.64. The van der Waals surface area contributed by atoms with E-state index in [-0.39, 0.29) is 11.6 Å². The average Bonchev–Trinajstić information content (AvgIpc) is 3.02. The summed E-state index contributed by atoms with van der Waals surface area (Å²) in [6, 6.07) is 1.21. The molecule has 0 saturated carbocycles. The molecule has 9 nitrogen and oxygen atoms in total. The van der Waals surface area contributed by atoms with Crippen LogP contribution in [0, 0.1) is 0 Å². The summed E-state index contributed by atoms with van der Waals surface area (Å²) in [7, 11) is -2.02. The van der Waals surface area contributed by atoms with E-state index in [1.54, 1.807) is 0 Å². The molecule has 0 spiro atoms. The fourth-order valence-electron chi connectivity index (χ4n) is 2.62. The van der Waals surface area contributed by atoms with Crippen molar-refractivity contribution in [3.63, 3.8) is 0 Å². The summed E-state index contributed by atoms with van der Waals surface area (Å²) in [5, 5.41) is 0.0239. The highest BCUT2D eigenvalue weighted by Gasteiger charge is 2.54. The van der Waals surface area contributed by atoms with Crippen LogP contribution in [-0.4, -0.2) is 47.0 Å². The number of fused-ring (bicyclic) bond motifs is 1. The van der Waals surface area contributed by atoms with Gasteiger partial charge < -0.3 is 9.16 Å². The summed E-state index contributed by atoms with van der Waals surface area (Å²) in [4.78, 5) is 25.5. The van der Waals surface area contributed by atoms with Gasteiger partial charge in [-0.2, -0.15) is 4.21 Å². The van der Waals surface area contributed by atoms with Gasteiger partial charge in [0.1, 0.15) is 12.2 Å². The second-order valence-corrected chi connectivity index (χ2v) is 13.6. The summed E-state index contributed by atoms with van der Waals surface area (Å²) in [5.41, 5.74) is -1.14. The van der Waals surface area contributed by atoms with Crippen LogP contribution in [0.25, 0.3) is 0 Å². The number of hydrogen-bond acceptors (Lipinski definition) is 7.